The monoisotopic (exact) mass is 441 g/mol. The molecule has 4 nitrogen and oxygen atoms in total. The zero-order valence-corrected chi connectivity index (χ0v) is 16.3. The molecule has 0 radical (unpaired) electrons. The van der Waals surface area contributed by atoms with Crippen LogP contribution in [-0.2, 0) is 6.18 Å². The molecule has 2 aromatic carbocycles. The molecule has 3 rings (SSSR count). The highest BCUT2D eigenvalue weighted by Gasteiger charge is 2.35. The Morgan fingerprint density at radius 1 is 1.00 bits per heavy atom. The Kier molecular flexibility index (Phi) is 7.29. The Labute approximate surface area is 173 Å². The molecule has 1 heterocycles. The summed E-state index contributed by atoms with van der Waals surface area (Å²) in [6.45, 7) is 4.00. The summed E-state index contributed by atoms with van der Waals surface area (Å²) >= 11 is 5.93. The molecular weight excluding hydrogens is 429 g/mol. The minimum absolute atomic E-state index is 0.153. The van der Waals surface area contributed by atoms with Gasteiger partial charge in [-0.1, -0.05) is 25.4 Å². The van der Waals surface area contributed by atoms with E-state index in [0.717, 1.165) is 18.3 Å². The van der Waals surface area contributed by atoms with Crippen molar-refractivity contribution in [2.45, 2.75) is 20.0 Å². The average molecular weight is 442 g/mol. The van der Waals surface area contributed by atoms with Crippen LogP contribution in [0.25, 0.3) is 11.1 Å². The van der Waals surface area contributed by atoms with Crippen LogP contribution in [0, 0.1) is 23.0 Å². The second kappa shape index (κ2) is 9.50. The SMILES string of the molecule is CC.N#Cc1cc(Cl)c(Oc2cc(F)c(C(F)(F)F)cc2-c2ccnnc2)cc1F. The number of ether oxygens (including phenoxy) is 1. The molecule has 30 heavy (non-hydrogen) atoms. The van der Waals surface area contributed by atoms with E-state index in [1.807, 2.05) is 13.8 Å². The molecule has 0 N–H and O–H groups in total. The largest absolute Gasteiger partial charge is 0.455 e. The van der Waals surface area contributed by atoms with Gasteiger partial charge in [0.05, 0.1) is 28.5 Å². The first kappa shape index (κ1) is 23.0. The van der Waals surface area contributed by atoms with E-state index < -0.39 is 23.4 Å². The number of alkyl halides is 3. The molecule has 0 fully saturated rings. The number of benzene rings is 2. The molecule has 3 aromatic rings. The van der Waals surface area contributed by atoms with Gasteiger partial charge in [0.2, 0.25) is 0 Å². The molecule has 0 bridgehead atoms. The maximum atomic E-state index is 14.1. The summed E-state index contributed by atoms with van der Waals surface area (Å²) < 4.78 is 72.6. The van der Waals surface area contributed by atoms with Crippen LogP contribution in [0.2, 0.25) is 5.02 Å². The molecule has 10 heteroatoms. The standard InChI is InChI=1S/C18H7ClF5N3O.C2H6/c19-13-3-10(7-25)14(20)5-17(13)28-16-6-15(21)12(18(22,23)24)4-11(16)9-1-2-26-27-8-9;1-2/h1-6,8H;1-2H3. The predicted octanol–water partition coefficient (Wildman–Crippen LogP) is 6.78. The van der Waals surface area contributed by atoms with Crippen LogP contribution in [0.15, 0.2) is 42.7 Å². The van der Waals surface area contributed by atoms with E-state index in [1.54, 1.807) is 6.07 Å². The van der Waals surface area contributed by atoms with E-state index in [-0.39, 0.29) is 33.2 Å². The molecule has 0 atom stereocenters. The molecule has 0 saturated heterocycles. The zero-order valence-electron chi connectivity index (χ0n) is 15.6. The quantitative estimate of drug-likeness (QED) is 0.420. The minimum Gasteiger partial charge on any atom is -0.455 e. The molecule has 0 aliphatic rings. The Balaban J connectivity index is 0.00000155. The third-order valence-electron chi connectivity index (χ3n) is 3.63. The summed E-state index contributed by atoms with van der Waals surface area (Å²) in [5.74, 6) is -3.20. The first-order valence-corrected chi connectivity index (χ1v) is 8.83. The van der Waals surface area contributed by atoms with Gasteiger partial charge in [-0.05, 0) is 18.2 Å². The number of halogens is 6. The Morgan fingerprint density at radius 2 is 1.67 bits per heavy atom. The number of hydrogen-bond donors (Lipinski definition) is 0. The van der Waals surface area contributed by atoms with Crippen molar-refractivity contribution in [3.05, 3.63) is 70.5 Å². The first-order valence-electron chi connectivity index (χ1n) is 8.45. The van der Waals surface area contributed by atoms with Gasteiger partial charge in [-0.15, -0.1) is 0 Å². The lowest BCUT2D eigenvalue weighted by atomic mass is 10.0. The smallest absolute Gasteiger partial charge is 0.419 e. The molecule has 0 spiro atoms. The van der Waals surface area contributed by atoms with Crippen molar-refractivity contribution in [2.24, 2.45) is 0 Å². The maximum absolute atomic E-state index is 14.1. The van der Waals surface area contributed by atoms with Gasteiger partial charge in [0.1, 0.15) is 29.2 Å². The van der Waals surface area contributed by atoms with Crippen LogP contribution < -0.4 is 4.74 Å². The van der Waals surface area contributed by atoms with Crippen molar-refractivity contribution in [3.63, 3.8) is 0 Å². The summed E-state index contributed by atoms with van der Waals surface area (Å²) in [5, 5.41) is 15.7. The molecular formula is C20H13ClF5N3O. The normalized spacial score (nSPS) is 10.6. The van der Waals surface area contributed by atoms with E-state index >= 15 is 0 Å². The minimum atomic E-state index is -4.95. The second-order valence-electron chi connectivity index (χ2n) is 5.43. The molecule has 0 aliphatic heterocycles. The summed E-state index contributed by atoms with van der Waals surface area (Å²) in [6.07, 6.45) is -2.57. The van der Waals surface area contributed by atoms with Crippen LogP contribution in [-0.4, -0.2) is 10.2 Å². The van der Waals surface area contributed by atoms with Crippen molar-refractivity contribution in [1.82, 2.24) is 10.2 Å². The molecule has 1 aromatic heterocycles. The molecule has 0 unspecified atom stereocenters. The molecule has 156 valence electrons. The highest BCUT2D eigenvalue weighted by Crippen LogP contribution is 2.41. The first-order chi connectivity index (χ1) is 14.2. The van der Waals surface area contributed by atoms with Crippen molar-refractivity contribution in [2.75, 3.05) is 0 Å². The van der Waals surface area contributed by atoms with E-state index in [2.05, 4.69) is 10.2 Å². The fraction of sp³-hybridized carbons (Fsp3) is 0.150. The number of hydrogen-bond acceptors (Lipinski definition) is 4. The lowest BCUT2D eigenvalue weighted by molar-refractivity contribution is -0.139. The number of aromatic nitrogens is 2. The summed E-state index contributed by atoms with van der Waals surface area (Å²) in [5.41, 5.74) is -1.87. The highest BCUT2D eigenvalue weighted by atomic mass is 35.5. The lowest BCUT2D eigenvalue weighted by Gasteiger charge is -2.16. The van der Waals surface area contributed by atoms with Gasteiger partial charge < -0.3 is 4.74 Å². The van der Waals surface area contributed by atoms with Gasteiger partial charge in [-0.3, -0.25) is 0 Å². The van der Waals surface area contributed by atoms with Crippen LogP contribution >= 0.6 is 11.6 Å². The van der Waals surface area contributed by atoms with E-state index in [9.17, 15) is 22.0 Å². The van der Waals surface area contributed by atoms with Gasteiger partial charge in [-0.25, -0.2) is 8.78 Å². The number of rotatable bonds is 3. The van der Waals surface area contributed by atoms with Crippen LogP contribution in [0.1, 0.15) is 25.0 Å². The number of nitriles is 1. The van der Waals surface area contributed by atoms with E-state index in [1.165, 1.54) is 12.3 Å². The lowest BCUT2D eigenvalue weighted by Crippen LogP contribution is -2.09. The van der Waals surface area contributed by atoms with Gasteiger partial charge in [0.25, 0.3) is 0 Å². The summed E-state index contributed by atoms with van der Waals surface area (Å²) in [7, 11) is 0. The maximum Gasteiger partial charge on any atom is 0.419 e. The van der Waals surface area contributed by atoms with Gasteiger partial charge >= 0.3 is 6.18 Å². The molecule has 0 aliphatic carbocycles. The van der Waals surface area contributed by atoms with Crippen molar-refractivity contribution in [1.29, 1.82) is 5.26 Å². The third-order valence-corrected chi connectivity index (χ3v) is 3.93. The Hall–Kier alpha value is -3.25. The van der Waals surface area contributed by atoms with Crippen molar-refractivity contribution in [3.8, 4) is 28.7 Å². The van der Waals surface area contributed by atoms with Gasteiger partial charge in [0, 0.05) is 23.3 Å². The zero-order chi connectivity index (χ0) is 22.5. The fourth-order valence-corrected chi connectivity index (χ4v) is 2.55. The third kappa shape index (κ3) is 5.02. The van der Waals surface area contributed by atoms with Crippen molar-refractivity contribution < 1.29 is 26.7 Å². The Bertz CT molecular complexity index is 1080. The topological polar surface area (TPSA) is 58.8 Å². The van der Waals surface area contributed by atoms with Gasteiger partial charge in [0.15, 0.2) is 0 Å². The fourth-order valence-electron chi connectivity index (χ4n) is 2.34. The van der Waals surface area contributed by atoms with E-state index in [0.29, 0.717) is 12.1 Å². The van der Waals surface area contributed by atoms with Crippen LogP contribution in [0.4, 0.5) is 22.0 Å². The highest BCUT2D eigenvalue weighted by molar-refractivity contribution is 6.32. The molecule has 0 saturated carbocycles. The van der Waals surface area contributed by atoms with Crippen LogP contribution in [0.3, 0.4) is 0 Å². The predicted molar refractivity (Wildman–Crippen MR) is 100.0 cm³/mol. The van der Waals surface area contributed by atoms with Gasteiger partial charge in [-0.2, -0.15) is 28.6 Å². The van der Waals surface area contributed by atoms with Crippen LogP contribution in [0.5, 0.6) is 11.5 Å². The summed E-state index contributed by atoms with van der Waals surface area (Å²) in [6, 6.07) is 5.76. The van der Waals surface area contributed by atoms with Crippen molar-refractivity contribution >= 4 is 11.6 Å². The van der Waals surface area contributed by atoms with E-state index in [4.69, 9.17) is 21.6 Å². The average Bonchev–Trinajstić information content (AvgIpc) is 2.71. The molecule has 0 amide bonds. The number of nitrogens with zero attached hydrogens (tertiary/aromatic N) is 3. The second-order valence-corrected chi connectivity index (χ2v) is 5.84. The summed E-state index contributed by atoms with van der Waals surface area (Å²) in [4.78, 5) is 0. The Morgan fingerprint density at radius 3 is 2.23 bits per heavy atom.